The smallest absolute Gasteiger partial charge is 0.748 e. The maximum Gasteiger partial charge on any atom is 1.00 e. The number of hydrogen-bond acceptors (Lipinski definition) is 7. The minimum Gasteiger partial charge on any atom is -0.748 e. The van der Waals surface area contributed by atoms with Crippen LogP contribution in [0.5, 0.6) is 0 Å². The molecule has 0 spiro atoms. The van der Waals surface area contributed by atoms with Crippen LogP contribution < -0.4 is 29.6 Å². The van der Waals surface area contributed by atoms with Gasteiger partial charge in [-0.2, -0.15) is 0 Å². The van der Waals surface area contributed by atoms with Crippen molar-refractivity contribution in [1.82, 2.24) is 0 Å². The second-order valence-electron chi connectivity index (χ2n) is 9.17. The van der Waals surface area contributed by atoms with Crippen LogP contribution in [-0.2, 0) is 14.9 Å². The van der Waals surface area contributed by atoms with Gasteiger partial charge >= 0.3 is 29.6 Å². The van der Waals surface area contributed by atoms with Gasteiger partial charge in [-0.1, -0.05) is 77.2 Å². The van der Waals surface area contributed by atoms with E-state index in [9.17, 15) is 28.0 Å². The van der Waals surface area contributed by atoms with Crippen LogP contribution in [0.3, 0.4) is 0 Å². The molecular formula is C24H44N2NaO6S+. The minimum atomic E-state index is -4.59. The number of quaternary nitrogens is 1. The molecule has 2 unspecified atom stereocenters. The third-order valence-corrected chi connectivity index (χ3v) is 6.98. The zero-order valence-corrected chi connectivity index (χ0v) is 24.1. The van der Waals surface area contributed by atoms with Crippen molar-refractivity contribution in [3.8, 4) is 0 Å². The quantitative estimate of drug-likeness (QED) is 0.0775. The summed E-state index contributed by atoms with van der Waals surface area (Å²) in [5, 5.41) is 19.5. The van der Waals surface area contributed by atoms with E-state index >= 15 is 0 Å². The van der Waals surface area contributed by atoms with Crippen LogP contribution in [0.2, 0.25) is 0 Å². The number of aliphatic hydroxyl groups is 2. The summed E-state index contributed by atoms with van der Waals surface area (Å²) in [5.41, 5.74) is 0. The normalized spacial score (nSPS) is 19.2. The van der Waals surface area contributed by atoms with Crippen molar-refractivity contribution in [3.05, 3.63) is 12.2 Å². The molecule has 1 aliphatic rings. The number of allylic oxidation sites excluding steroid dienone is 1. The van der Waals surface area contributed by atoms with Gasteiger partial charge in [-0.05, 0) is 18.9 Å². The summed E-state index contributed by atoms with van der Waals surface area (Å²) in [4.78, 5) is 17.0. The molecule has 192 valence electrons. The van der Waals surface area contributed by atoms with Crippen molar-refractivity contribution in [2.24, 2.45) is 4.99 Å². The van der Waals surface area contributed by atoms with Gasteiger partial charge in [0.25, 0.3) is 11.6 Å². The van der Waals surface area contributed by atoms with E-state index in [1.165, 1.54) is 63.9 Å². The van der Waals surface area contributed by atoms with Gasteiger partial charge in [-0.15, -0.1) is 0 Å². The summed E-state index contributed by atoms with van der Waals surface area (Å²) in [6, 6.07) is 0. The van der Waals surface area contributed by atoms with Crippen molar-refractivity contribution < 1.29 is 62.0 Å². The maximum absolute atomic E-state index is 12.7. The van der Waals surface area contributed by atoms with Gasteiger partial charge < -0.3 is 14.8 Å². The van der Waals surface area contributed by atoms with Crippen molar-refractivity contribution in [1.29, 1.82) is 0 Å². The maximum atomic E-state index is 12.7. The third-order valence-electron chi connectivity index (χ3n) is 6.19. The van der Waals surface area contributed by atoms with E-state index in [1.807, 2.05) is 6.08 Å². The van der Waals surface area contributed by atoms with Gasteiger partial charge in [0.2, 0.25) is 0 Å². The Bertz CT molecular complexity index is 729. The molecule has 0 saturated heterocycles. The molecule has 0 amide bonds. The van der Waals surface area contributed by atoms with Gasteiger partial charge in [0.15, 0.2) is 0 Å². The largest absolute Gasteiger partial charge is 1.00 e. The number of aliphatic hydroxyl groups excluding tert-OH is 2. The molecule has 0 radical (unpaired) electrons. The number of nitrogens with zero attached hydrogens (tertiary/aromatic N) is 2. The van der Waals surface area contributed by atoms with E-state index in [0.717, 1.165) is 19.3 Å². The average molecular weight is 512 g/mol. The number of hydrogen-bond donors (Lipinski definition) is 2. The fourth-order valence-electron chi connectivity index (χ4n) is 4.48. The first-order valence-corrected chi connectivity index (χ1v) is 14.2. The zero-order chi connectivity index (χ0) is 24.6. The Balaban J connectivity index is 0.0000109. The van der Waals surface area contributed by atoms with Crippen LogP contribution in [0.4, 0.5) is 0 Å². The molecule has 8 nitrogen and oxygen atoms in total. The second kappa shape index (κ2) is 19.0. The summed E-state index contributed by atoms with van der Waals surface area (Å²) in [6.45, 7) is 2.71. The van der Waals surface area contributed by atoms with Gasteiger partial charge in [0, 0.05) is 0 Å². The van der Waals surface area contributed by atoms with E-state index in [1.54, 1.807) is 0 Å². The predicted molar refractivity (Wildman–Crippen MR) is 130 cm³/mol. The fraction of sp³-hybridized carbons (Fsp3) is 0.833. The van der Waals surface area contributed by atoms with Crippen LogP contribution in [0.25, 0.3) is 0 Å². The van der Waals surface area contributed by atoms with Crippen LogP contribution >= 0.6 is 0 Å². The third kappa shape index (κ3) is 14.4. The first kappa shape index (κ1) is 33.9. The summed E-state index contributed by atoms with van der Waals surface area (Å²) in [5.74, 6) is -1.00. The van der Waals surface area contributed by atoms with Crippen molar-refractivity contribution in [2.45, 2.75) is 90.1 Å². The molecule has 10 heteroatoms. The molecule has 1 rings (SSSR count). The molecule has 0 saturated carbocycles. The van der Waals surface area contributed by atoms with Crippen molar-refractivity contribution >= 4 is 21.7 Å². The molecule has 1 aliphatic heterocycles. The summed E-state index contributed by atoms with van der Waals surface area (Å²) in [7, 11) is -4.59. The van der Waals surface area contributed by atoms with Crippen molar-refractivity contribution in [2.75, 3.05) is 38.5 Å². The zero-order valence-electron chi connectivity index (χ0n) is 21.3. The summed E-state index contributed by atoms with van der Waals surface area (Å²) in [6.07, 6.45) is 16.6. The van der Waals surface area contributed by atoms with Gasteiger partial charge in [0.05, 0.1) is 29.0 Å². The summed E-state index contributed by atoms with van der Waals surface area (Å²) >= 11 is 0. The molecule has 0 aromatic rings. The Morgan fingerprint density at radius 1 is 1.09 bits per heavy atom. The first-order chi connectivity index (χ1) is 15.7. The molecule has 2 N–H and O–H groups in total. The molecule has 0 aromatic heterocycles. The Hall–Kier alpha value is -0.130. The van der Waals surface area contributed by atoms with E-state index in [4.69, 9.17) is 0 Å². The minimum absolute atomic E-state index is 0. The Kier molecular flexibility index (Phi) is 19.0. The number of aliphatic imine (C=N–C) groups is 1. The first-order valence-electron chi connectivity index (χ1n) is 12.6. The molecular weight excluding hydrogens is 467 g/mol. The van der Waals surface area contributed by atoms with E-state index in [-0.39, 0.29) is 65.4 Å². The van der Waals surface area contributed by atoms with Crippen LogP contribution in [0.1, 0.15) is 84.0 Å². The van der Waals surface area contributed by atoms with E-state index in [0.29, 0.717) is 13.1 Å². The molecule has 1 heterocycles. The van der Waals surface area contributed by atoms with E-state index < -0.39 is 22.0 Å². The Morgan fingerprint density at radius 2 is 1.65 bits per heavy atom. The Morgan fingerprint density at radius 3 is 2.18 bits per heavy atom. The number of ketones is 1. The van der Waals surface area contributed by atoms with Gasteiger partial charge in [-0.25, -0.2) is 13.4 Å². The van der Waals surface area contributed by atoms with Gasteiger partial charge in [0.1, 0.15) is 25.7 Å². The number of rotatable bonds is 20. The van der Waals surface area contributed by atoms with Crippen LogP contribution in [0, 0.1) is 0 Å². The monoisotopic (exact) mass is 511 g/mol. The Labute approximate surface area is 228 Å². The van der Waals surface area contributed by atoms with E-state index in [2.05, 4.69) is 11.9 Å². The standard InChI is InChI=1S/C24H44N2O6S.Na/c1-2-3-4-5-6-7-8-9-10-11-12-13-14-15-23(29)24-25-16-17-26(24,18-19-27)20-22(28)21-33(30,31)32;/h14-15,22,27-28H,2-13,16-21H2,1H3;/q;+1/b15-14+;. The summed E-state index contributed by atoms with van der Waals surface area (Å²) < 4.78 is 32.8. The SMILES string of the molecule is CCCCCCCCCCCCC/C=C/C(=O)C1=NCC[N+]1(CCO)CC(O)CS(=O)(=O)[O-].[Na+]. The number of carbonyl (C=O) groups is 1. The molecule has 0 fully saturated rings. The molecule has 0 aromatic carbocycles. The fourth-order valence-corrected chi connectivity index (χ4v) is 5.05. The topological polar surface area (TPSA) is 127 Å². The number of amidine groups is 1. The molecule has 0 aliphatic carbocycles. The van der Waals surface area contributed by atoms with Crippen LogP contribution in [-0.4, -0.2) is 83.9 Å². The second-order valence-corrected chi connectivity index (χ2v) is 10.6. The van der Waals surface area contributed by atoms with Gasteiger partial charge in [-0.3, -0.25) is 9.28 Å². The number of carbonyl (C=O) groups excluding carboxylic acids is 1. The molecule has 34 heavy (non-hydrogen) atoms. The predicted octanol–water partition coefficient (Wildman–Crippen LogP) is -0.0559. The number of unbranched alkanes of at least 4 members (excludes halogenated alkanes) is 11. The average Bonchev–Trinajstić information content (AvgIpc) is 3.13. The van der Waals surface area contributed by atoms with Crippen molar-refractivity contribution in [3.63, 3.8) is 0 Å². The molecule has 2 atom stereocenters. The molecule has 0 bridgehead atoms. The van der Waals surface area contributed by atoms with Crippen LogP contribution in [0.15, 0.2) is 17.1 Å².